The van der Waals surface area contributed by atoms with Crippen LogP contribution in [0.4, 0.5) is 5.69 Å². The summed E-state index contributed by atoms with van der Waals surface area (Å²) in [6.45, 7) is 0. The number of carbonyl (C=O) groups is 1. The van der Waals surface area contributed by atoms with Crippen molar-refractivity contribution >= 4 is 38.9 Å². The zero-order valence-electron chi connectivity index (χ0n) is 11.2. The lowest BCUT2D eigenvalue weighted by molar-refractivity contribution is -0.117. The molecule has 0 fully saturated rings. The van der Waals surface area contributed by atoms with Crippen LogP contribution in [0.2, 0.25) is 0 Å². The van der Waals surface area contributed by atoms with Crippen molar-refractivity contribution in [3.63, 3.8) is 0 Å². The average Bonchev–Trinajstić information content (AvgIpc) is 3.04. The number of likely N-dealkylation sites (N-methyl/N-ethyl adjacent to an activating group) is 1. The number of thiophene rings is 1. The summed E-state index contributed by atoms with van der Waals surface area (Å²) in [5.41, 5.74) is 3.28. The molecule has 1 aliphatic rings. The van der Waals surface area contributed by atoms with Crippen LogP contribution in [0.5, 0.6) is 5.75 Å². The lowest BCUT2D eigenvalue weighted by atomic mass is 10.1. The molecule has 2 heterocycles. The second-order valence-corrected chi connectivity index (χ2v) is 6.63. The first-order valence-electron chi connectivity index (χ1n) is 6.26. The highest BCUT2D eigenvalue weighted by Gasteiger charge is 2.25. The Morgan fingerprint density at radius 2 is 2.20 bits per heavy atom. The van der Waals surface area contributed by atoms with E-state index < -0.39 is 0 Å². The summed E-state index contributed by atoms with van der Waals surface area (Å²) in [5, 5.41) is 1.99. The number of carbonyl (C=O) groups excluding carboxylic acids is 1. The highest BCUT2D eigenvalue weighted by molar-refractivity contribution is 9.09. The minimum atomic E-state index is 0.128. The predicted molar refractivity (Wildman–Crippen MR) is 85.2 cm³/mol. The van der Waals surface area contributed by atoms with Crippen molar-refractivity contribution in [3.8, 4) is 5.75 Å². The van der Waals surface area contributed by atoms with Gasteiger partial charge < -0.3 is 9.64 Å². The molecular formula is C15H14BrNO2S. The summed E-state index contributed by atoms with van der Waals surface area (Å²) < 4.78 is 5.22. The Kier molecular flexibility index (Phi) is 3.56. The lowest BCUT2D eigenvalue weighted by Crippen LogP contribution is -2.20. The van der Waals surface area contributed by atoms with E-state index in [1.54, 1.807) is 23.3 Å². The number of fused-ring (bicyclic) bond motifs is 1. The molecule has 1 atom stereocenters. The van der Waals surface area contributed by atoms with E-state index in [4.69, 9.17) is 4.74 Å². The Morgan fingerprint density at radius 3 is 2.90 bits per heavy atom. The van der Waals surface area contributed by atoms with Gasteiger partial charge in [-0.25, -0.2) is 0 Å². The monoisotopic (exact) mass is 351 g/mol. The van der Waals surface area contributed by atoms with E-state index in [0.29, 0.717) is 6.42 Å². The van der Waals surface area contributed by atoms with Gasteiger partial charge in [0, 0.05) is 23.0 Å². The topological polar surface area (TPSA) is 29.5 Å². The molecule has 0 bridgehead atoms. The molecule has 5 heteroatoms. The van der Waals surface area contributed by atoms with E-state index in [1.165, 1.54) is 4.88 Å². The van der Waals surface area contributed by atoms with Gasteiger partial charge in [0.25, 0.3) is 0 Å². The summed E-state index contributed by atoms with van der Waals surface area (Å²) in [6, 6.07) is 8.24. The maximum atomic E-state index is 11.7. The minimum Gasteiger partial charge on any atom is -0.496 e. The first-order chi connectivity index (χ1) is 9.60. The summed E-state index contributed by atoms with van der Waals surface area (Å²) >= 11 is 5.39. The quantitative estimate of drug-likeness (QED) is 0.788. The number of benzene rings is 1. The molecule has 0 saturated carbocycles. The molecule has 2 aromatic rings. The van der Waals surface area contributed by atoms with Gasteiger partial charge in [-0.3, -0.25) is 4.79 Å². The first kappa shape index (κ1) is 13.6. The predicted octanol–water partition coefficient (Wildman–Crippen LogP) is 3.76. The van der Waals surface area contributed by atoms with Gasteiger partial charge in [-0.15, -0.1) is 11.3 Å². The molecule has 0 aliphatic carbocycles. The van der Waals surface area contributed by atoms with E-state index in [9.17, 15) is 4.79 Å². The molecule has 1 unspecified atom stereocenters. The summed E-state index contributed by atoms with van der Waals surface area (Å²) in [7, 11) is 3.50. The number of ether oxygens (including phenoxy) is 1. The smallest absolute Gasteiger partial charge is 0.231 e. The lowest BCUT2D eigenvalue weighted by Gasteiger charge is -2.12. The van der Waals surface area contributed by atoms with Crippen LogP contribution in [0.1, 0.15) is 20.8 Å². The third kappa shape index (κ3) is 2.25. The van der Waals surface area contributed by atoms with Crippen LogP contribution >= 0.6 is 27.3 Å². The average molecular weight is 352 g/mol. The van der Waals surface area contributed by atoms with Crippen molar-refractivity contribution < 1.29 is 9.53 Å². The van der Waals surface area contributed by atoms with Gasteiger partial charge in [-0.2, -0.15) is 0 Å². The van der Waals surface area contributed by atoms with Gasteiger partial charge in [0.15, 0.2) is 0 Å². The van der Waals surface area contributed by atoms with Crippen molar-refractivity contribution in [2.75, 3.05) is 19.1 Å². The van der Waals surface area contributed by atoms with Crippen LogP contribution in [0.3, 0.4) is 0 Å². The zero-order chi connectivity index (χ0) is 14.3. The number of anilines is 1. The van der Waals surface area contributed by atoms with Gasteiger partial charge in [-0.05, 0) is 23.3 Å². The molecule has 3 rings (SSSR count). The molecule has 0 saturated heterocycles. The molecule has 1 amide bonds. The summed E-state index contributed by atoms with van der Waals surface area (Å²) in [4.78, 5) is 14.8. The Bertz CT molecular complexity index is 668. The standard InChI is InChI=1S/C15H14BrNO2S/c1-17-12-4-3-9(5-10(12)6-14(17)18)15(16)13-7-11(19-2)8-20-13/h3-5,7-8,15H,6H2,1-2H3. The molecule has 1 aromatic carbocycles. The Hall–Kier alpha value is -1.33. The van der Waals surface area contributed by atoms with Crippen LogP contribution in [0, 0.1) is 0 Å². The minimum absolute atomic E-state index is 0.128. The second kappa shape index (κ2) is 5.22. The van der Waals surface area contributed by atoms with Crippen molar-refractivity contribution in [1.29, 1.82) is 0 Å². The largest absolute Gasteiger partial charge is 0.496 e. The third-order valence-electron chi connectivity index (χ3n) is 3.55. The fourth-order valence-corrected chi connectivity index (χ4v) is 3.98. The van der Waals surface area contributed by atoms with E-state index >= 15 is 0 Å². The van der Waals surface area contributed by atoms with Crippen LogP contribution in [-0.2, 0) is 11.2 Å². The molecule has 1 aliphatic heterocycles. The molecule has 0 N–H and O–H groups in total. The molecular weight excluding hydrogens is 338 g/mol. The molecule has 0 spiro atoms. The van der Waals surface area contributed by atoms with Crippen molar-refractivity contribution in [1.82, 2.24) is 0 Å². The molecule has 1 aromatic heterocycles. The van der Waals surface area contributed by atoms with Gasteiger partial charge in [0.2, 0.25) is 5.91 Å². The first-order valence-corrected chi connectivity index (χ1v) is 8.05. The van der Waals surface area contributed by atoms with Gasteiger partial charge >= 0.3 is 0 Å². The van der Waals surface area contributed by atoms with Crippen molar-refractivity contribution in [2.45, 2.75) is 11.2 Å². The summed E-state index contributed by atoms with van der Waals surface area (Å²) in [5.74, 6) is 1.03. The number of rotatable bonds is 3. The number of halogens is 1. The van der Waals surface area contributed by atoms with Crippen LogP contribution in [-0.4, -0.2) is 20.1 Å². The third-order valence-corrected chi connectivity index (χ3v) is 5.86. The Morgan fingerprint density at radius 1 is 1.40 bits per heavy atom. The van der Waals surface area contributed by atoms with Crippen LogP contribution in [0.15, 0.2) is 29.6 Å². The highest BCUT2D eigenvalue weighted by Crippen LogP contribution is 2.39. The molecule has 20 heavy (non-hydrogen) atoms. The van der Waals surface area contributed by atoms with Crippen molar-refractivity contribution in [2.24, 2.45) is 0 Å². The van der Waals surface area contributed by atoms with Gasteiger partial charge in [0.1, 0.15) is 5.75 Å². The number of nitrogens with zero attached hydrogens (tertiary/aromatic N) is 1. The molecule has 3 nitrogen and oxygen atoms in total. The Balaban J connectivity index is 1.92. The van der Waals surface area contributed by atoms with Gasteiger partial charge in [0.05, 0.1) is 18.4 Å². The van der Waals surface area contributed by atoms with Crippen LogP contribution < -0.4 is 9.64 Å². The number of amides is 1. The zero-order valence-corrected chi connectivity index (χ0v) is 13.6. The molecule has 104 valence electrons. The summed E-state index contributed by atoms with van der Waals surface area (Å²) in [6.07, 6.45) is 0.493. The normalized spacial score (nSPS) is 15.3. The molecule has 0 radical (unpaired) electrons. The number of alkyl halides is 1. The SMILES string of the molecule is COc1csc(C(Br)c2ccc3c(c2)CC(=O)N3C)c1. The van der Waals surface area contributed by atoms with Crippen LogP contribution in [0.25, 0.3) is 0 Å². The van der Waals surface area contributed by atoms with E-state index in [-0.39, 0.29) is 10.7 Å². The number of methoxy groups -OCH3 is 1. The van der Waals surface area contributed by atoms with E-state index in [0.717, 1.165) is 22.6 Å². The highest BCUT2D eigenvalue weighted by atomic mass is 79.9. The van der Waals surface area contributed by atoms with Gasteiger partial charge in [-0.1, -0.05) is 28.1 Å². The fourth-order valence-electron chi connectivity index (χ4n) is 2.39. The fraction of sp³-hybridized carbons (Fsp3) is 0.267. The van der Waals surface area contributed by atoms with E-state index in [1.807, 2.05) is 24.6 Å². The second-order valence-electron chi connectivity index (χ2n) is 4.77. The van der Waals surface area contributed by atoms with E-state index in [2.05, 4.69) is 28.1 Å². The maximum absolute atomic E-state index is 11.7. The van der Waals surface area contributed by atoms with Crippen molar-refractivity contribution in [3.05, 3.63) is 45.6 Å². The Labute approximate surface area is 130 Å². The number of hydrogen-bond acceptors (Lipinski definition) is 3. The number of hydrogen-bond donors (Lipinski definition) is 0. The maximum Gasteiger partial charge on any atom is 0.231 e.